The number of amides is 1. The number of ether oxygens (including phenoxy) is 1. The van der Waals surface area contributed by atoms with E-state index in [1.807, 2.05) is 43.3 Å². The first kappa shape index (κ1) is 15.1. The SMILES string of the molecule is Cc1ccccc1OCC(=O)N/N=C/c1cccc(Cl)c1. The molecule has 4 nitrogen and oxygen atoms in total. The molecule has 1 amide bonds. The molecule has 2 aromatic rings. The largest absolute Gasteiger partial charge is 0.483 e. The average Bonchev–Trinajstić information content (AvgIpc) is 2.46. The predicted octanol–water partition coefficient (Wildman–Crippen LogP) is 3.18. The zero-order valence-corrected chi connectivity index (χ0v) is 12.3. The third-order valence-corrected chi connectivity index (χ3v) is 2.94. The van der Waals surface area contributed by atoms with E-state index in [4.69, 9.17) is 16.3 Å². The van der Waals surface area contributed by atoms with Crippen LogP contribution in [0.5, 0.6) is 5.75 Å². The van der Waals surface area contributed by atoms with E-state index in [1.54, 1.807) is 12.1 Å². The maximum absolute atomic E-state index is 11.6. The summed E-state index contributed by atoms with van der Waals surface area (Å²) in [5.74, 6) is 0.364. The van der Waals surface area contributed by atoms with Crippen LogP contribution in [-0.2, 0) is 4.79 Å². The molecule has 1 N–H and O–H groups in total. The highest BCUT2D eigenvalue weighted by molar-refractivity contribution is 6.30. The summed E-state index contributed by atoms with van der Waals surface area (Å²) in [6, 6.07) is 14.7. The van der Waals surface area contributed by atoms with Crippen LogP contribution >= 0.6 is 11.6 Å². The van der Waals surface area contributed by atoms with E-state index in [0.717, 1.165) is 11.1 Å². The summed E-state index contributed by atoms with van der Waals surface area (Å²) in [5.41, 5.74) is 4.19. The van der Waals surface area contributed by atoms with Crippen LogP contribution in [0.25, 0.3) is 0 Å². The first-order valence-electron chi connectivity index (χ1n) is 6.41. The standard InChI is InChI=1S/C16H15ClN2O2/c1-12-5-2-3-8-15(12)21-11-16(20)19-18-10-13-6-4-7-14(17)9-13/h2-10H,11H2,1H3,(H,19,20)/b18-10+. The second-order valence-electron chi connectivity index (χ2n) is 4.40. The minimum atomic E-state index is -0.323. The Labute approximate surface area is 128 Å². The van der Waals surface area contributed by atoms with Gasteiger partial charge in [-0.15, -0.1) is 0 Å². The summed E-state index contributed by atoms with van der Waals surface area (Å²) in [6.07, 6.45) is 1.53. The zero-order chi connectivity index (χ0) is 15.1. The number of hydrazone groups is 1. The maximum atomic E-state index is 11.6. The third-order valence-electron chi connectivity index (χ3n) is 2.70. The Morgan fingerprint density at radius 2 is 2.10 bits per heavy atom. The molecule has 0 bridgehead atoms. The monoisotopic (exact) mass is 302 g/mol. The van der Waals surface area contributed by atoms with Crippen LogP contribution in [0.1, 0.15) is 11.1 Å². The molecule has 2 aromatic carbocycles. The van der Waals surface area contributed by atoms with Crippen LogP contribution in [0.3, 0.4) is 0 Å². The van der Waals surface area contributed by atoms with E-state index in [-0.39, 0.29) is 12.5 Å². The van der Waals surface area contributed by atoms with Crippen molar-refractivity contribution in [2.45, 2.75) is 6.92 Å². The number of hydrogen-bond acceptors (Lipinski definition) is 3. The Morgan fingerprint density at radius 1 is 1.29 bits per heavy atom. The Bertz CT molecular complexity index is 656. The van der Waals surface area contributed by atoms with E-state index in [9.17, 15) is 4.79 Å². The van der Waals surface area contributed by atoms with Crippen molar-refractivity contribution in [3.8, 4) is 5.75 Å². The molecule has 0 aromatic heterocycles. The molecule has 0 unspecified atom stereocenters. The van der Waals surface area contributed by atoms with E-state index in [0.29, 0.717) is 10.8 Å². The van der Waals surface area contributed by atoms with Gasteiger partial charge in [0.2, 0.25) is 0 Å². The van der Waals surface area contributed by atoms with Crippen molar-refractivity contribution in [1.82, 2.24) is 5.43 Å². The summed E-state index contributed by atoms with van der Waals surface area (Å²) in [4.78, 5) is 11.6. The fraction of sp³-hybridized carbons (Fsp3) is 0.125. The van der Waals surface area contributed by atoms with Crippen molar-refractivity contribution in [3.05, 3.63) is 64.7 Å². The first-order chi connectivity index (χ1) is 10.1. The van der Waals surface area contributed by atoms with Crippen molar-refractivity contribution in [1.29, 1.82) is 0 Å². The lowest BCUT2D eigenvalue weighted by Gasteiger charge is -2.07. The van der Waals surface area contributed by atoms with E-state index >= 15 is 0 Å². The molecule has 21 heavy (non-hydrogen) atoms. The van der Waals surface area contributed by atoms with Gasteiger partial charge in [0.1, 0.15) is 5.75 Å². The third kappa shape index (κ3) is 4.93. The van der Waals surface area contributed by atoms with Gasteiger partial charge in [0.05, 0.1) is 6.21 Å². The molecule has 0 saturated heterocycles. The van der Waals surface area contributed by atoms with Crippen molar-refractivity contribution >= 4 is 23.7 Å². The molecular weight excluding hydrogens is 288 g/mol. The Kier molecular flexibility index (Phi) is 5.35. The summed E-state index contributed by atoms with van der Waals surface area (Å²) < 4.78 is 5.41. The normalized spacial score (nSPS) is 10.6. The van der Waals surface area contributed by atoms with Gasteiger partial charge in [0.15, 0.2) is 6.61 Å². The van der Waals surface area contributed by atoms with Crippen LogP contribution in [-0.4, -0.2) is 18.7 Å². The molecule has 0 aliphatic carbocycles. The van der Waals surface area contributed by atoms with Gasteiger partial charge < -0.3 is 4.74 Å². The number of para-hydroxylation sites is 1. The Balaban J connectivity index is 1.81. The predicted molar refractivity (Wildman–Crippen MR) is 83.9 cm³/mol. The molecule has 0 saturated carbocycles. The van der Waals surface area contributed by atoms with Crippen molar-refractivity contribution < 1.29 is 9.53 Å². The van der Waals surface area contributed by atoms with Gasteiger partial charge in [0.25, 0.3) is 5.91 Å². The van der Waals surface area contributed by atoms with E-state index in [2.05, 4.69) is 10.5 Å². The number of aryl methyl sites for hydroxylation is 1. The van der Waals surface area contributed by atoms with Gasteiger partial charge in [-0.2, -0.15) is 5.10 Å². The lowest BCUT2D eigenvalue weighted by Crippen LogP contribution is -2.24. The van der Waals surface area contributed by atoms with E-state index in [1.165, 1.54) is 6.21 Å². The lowest BCUT2D eigenvalue weighted by atomic mass is 10.2. The Hall–Kier alpha value is -2.33. The van der Waals surface area contributed by atoms with Crippen molar-refractivity contribution in [3.63, 3.8) is 0 Å². The minimum absolute atomic E-state index is 0.0856. The lowest BCUT2D eigenvalue weighted by molar-refractivity contribution is -0.123. The number of carbonyl (C=O) groups excluding carboxylic acids is 1. The number of hydrogen-bond donors (Lipinski definition) is 1. The summed E-state index contributed by atoms with van der Waals surface area (Å²) in [5, 5.41) is 4.47. The molecule has 0 fully saturated rings. The number of halogens is 1. The van der Waals surface area contributed by atoms with Crippen LogP contribution in [0, 0.1) is 6.92 Å². The molecule has 0 aliphatic rings. The fourth-order valence-corrected chi connectivity index (χ4v) is 1.86. The second kappa shape index (κ2) is 7.45. The highest BCUT2D eigenvalue weighted by Crippen LogP contribution is 2.15. The summed E-state index contributed by atoms with van der Waals surface area (Å²) in [6.45, 7) is 1.84. The molecule has 2 rings (SSSR count). The molecule has 0 aliphatic heterocycles. The van der Waals surface area contributed by atoms with Gasteiger partial charge in [-0.25, -0.2) is 5.43 Å². The quantitative estimate of drug-likeness (QED) is 0.681. The number of carbonyl (C=O) groups is 1. The number of nitrogens with zero attached hydrogens (tertiary/aromatic N) is 1. The highest BCUT2D eigenvalue weighted by atomic mass is 35.5. The number of nitrogens with one attached hydrogen (secondary N) is 1. The highest BCUT2D eigenvalue weighted by Gasteiger charge is 2.02. The number of rotatable bonds is 5. The fourth-order valence-electron chi connectivity index (χ4n) is 1.66. The van der Waals surface area contributed by atoms with Gasteiger partial charge >= 0.3 is 0 Å². The zero-order valence-electron chi connectivity index (χ0n) is 11.5. The molecule has 0 heterocycles. The molecule has 0 spiro atoms. The smallest absolute Gasteiger partial charge is 0.277 e. The van der Waals surface area contributed by atoms with Crippen molar-refractivity contribution in [2.75, 3.05) is 6.61 Å². The van der Waals surface area contributed by atoms with Crippen molar-refractivity contribution in [2.24, 2.45) is 5.10 Å². The van der Waals surface area contributed by atoms with Gasteiger partial charge in [-0.05, 0) is 36.2 Å². The topological polar surface area (TPSA) is 50.7 Å². The maximum Gasteiger partial charge on any atom is 0.277 e. The molecule has 0 radical (unpaired) electrons. The van der Waals surface area contributed by atoms with Gasteiger partial charge in [-0.1, -0.05) is 41.9 Å². The average molecular weight is 303 g/mol. The van der Waals surface area contributed by atoms with Gasteiger partial charge in [0, 0.05) is 5.02 Å². The first-order valence-corrected chi connectivity index (χ1v) is 6.79. The minimum Gasteiger partial charge on any atom is -0.483 e. The summed E-state index contributed by atoms with van der Waals surface area (Å²) >= 11 is 5.85. The Morgan fingerprint density at radius 3 is 2.86 bits per heavy atom. The van der Waals surface area contributed by atoms with E-state index < -0.39 is 0 Å². The van der Waals surface area contributed by atoms with Gasteiger partial charge in [-0.3, -0.25) is 4.79 Å². The molecule has 5 heteroatoms. The molecule has 108 valence electrons. The van der Waals surface area contributed by atoms with Crippen LogP contribution in [0.4, 0.5) is 0 Å². The van der Waals surface area contributed by atoms with Crippen LogP contribution in [0.2, 0.25) is 5.02 Å². The summed E-state index contributed by atoms with van der Waals surface area (Å²) in [7, 11) is 0. The molecule has 0 atom stereocenters. The second-order valence-corrected chi connectivity index (χ2v) is 4.84. The molecular formula is C16H15ClN2O2. The number of benzene rings is 2. The van der Waals surface area contributed by atoms with Crippen LogP contribution < -0.4 is 10.2 Å². The van der Waals surface area contributed by atoms with Crippen LogP contribution in [0.15, 0.2) is 53.6 Å².